The predicted molar refractivity (Wildman–Crippen MR) is 106 cm³/mol. The van der Waals surface area contributed by atoms with E-state index in [1.54, 1.807) is 0 Å². The van der Waals surface area contributed by atoms with Crippen molar-refractivity contribution in [1.82, 2.24) is 0 Å². The molecule has 144 valence electrons. The van der Waals surface area contributed by atoms with Gasteiger partial charge in [0.2, 0.25) is 0 Å². The fourth-order valence-corrected chi connectivity index (χ4v) is 13.1. The lowest BCUT2D eigenvalue weighted by molar-refractivity contribution is 0.0913. The van der Waals surface area contributed by atoms with E-state index in [1.807, 2.05) is 14.2 Å². The van der Waals surface area contributed by atoms with E-state index in [9.17, 15) is 0 Å². The zero-order valence-corrected chi connectivity index (χ0v) is 17.7. The number of fused-ring (bicyclic) bond motifs is 2. The van der Waals surface area contributed by atoms with Crippen LogP contribution < -0.4 is 0 Å². The van der Waals surface area contributed by atoms with E-state index in [0.29, 0.717) is 0 Å². The normalized spacial score (nSPS) is 42.5. The maximum Gasteiger partial charge on any atom is 0.344 e. The van der Waals surface area contributed by atoms with Crippen molar-refractivity contribution in [2.75, 3.05) is 14.2 Å². The van der Waals surface area contributed by atoms with Gasteiger partial charge in [0.25, 0.3) is 0 Å². The average molecular weight is 365 g/mol. The molecule has 0 saturated heterocycles. The molecule has 2 nitrogen and oxygen atoms in total. The quantitative estimate of drug-likeness (QED) is 0.534. The van der Waals surface area contributed by atoms with Gasteiger partial charge in [-0.2, -0.15) is 0 Å². The molecule has 4 saturated carbocycles. The highest BCUT2D eigenvalue weighted by atomic mass is 28.4. The van der Waals surface area contributed by atoms with E-state index in [-0.39, 0.29) is 0 Å². The molecule has 0 heterocycles. The van der Waals surface area contributed by atoms with Crippen molar-refractivity contribution in [2.24, 2.45) is 23.7 Å². The van der Waals surface area contributed by atoms with Crippen LogP contribution in [0, 0.1) is 23.7 Å². The van der Waals surface area contributed by atoms with Gasteiger partial charge in [-0.1, -0.05) is 77.0 Å². The molecule has 25 heavy (non-hydrogen) atoms. The van der Waals surface area contributed by atoms with Crippen LogP contribution in [-0.4, -0.2) is 22.8 Å². The highest BCUT2D eigenvalue weighted by Crippen LogP contribution is 2.59. The molecule has 4 aliphatic carbocycles. The van der Waals surface area contributed by atoms with Crippen LogP contribution in [0.1, 0.15) is 89.9 Å². The summed E-state index contributed by atoms with van der Waals surface area (Å²) in [4.78, 5) is 0. The first-order chi connectivity index (χ1) is 12.3. The van der Waals surface area contributed by atoms with Gasteiger partial charge < -0.3 is 8.85 Å². The van der Waals surface area contributed by atoms with Gasteiger partial charge in [0, 0.05) is 25.3 Å². The third kappa shape index (κ3) is 3.27. The van der Waals surface area contributed by atoms with Gasteiger partial charge in [-0.3, -0.25) is 0 Å². The summed E-state index contributed by atoms with van der Waals surface area (Å²) in [5.41, 5.74) is 1.54. The van der Waals surface area contributed by atoms with Gasteiger partial charge in [-0.25, -0.2) is 0 Å². The van der Waals surface area contributed by atoms with Crippen molar-refractivity contribution < 1.29 is 8.85 Å². The van der Waals surface area contributed by atoms with E-state index >= 15 is 0 Å². The molecule has 0 aromatic heterocycles. The molecule has 0 bridgehead atoms. The van der Waals surface area contributed by atoms with E-state index < -0.39 is 8.56 Å². The number of hydrogen-bond donors (Lipinski definition) is 0. The average Bonchev–Trinajstić information content (AvgIpc) is 2.69. The largest absolute Gasteiger partial charge is 0.397 e. The van der Waals surface area contributed by atoms with Crippen LogP contribution in [0.2, 0.25) is 11.1 Å². The lowest BCUT2D eigenvalue weighted by Crippen LogP contribution is -2.57. The molecule has 6 atom stereocenters. The van der Waals surface area contributed by atoms with Crippen LogP contribution in [0.3, 0.4) is 0 Å². The number of rotatable bonds is 4. The highest BCUT2D eigenvalue weighted by Gasteiger charge is 2.59. The minimum atomic E-state index is -2.16. The molecule has 0 spiro atoms. The monoisotopic (exact) mass is 364 g/mol. The molecular formula is C22H40O2Si. The summed E-state index contributed by atoms with van der Waals surface area (Å²) >= 11 is 0. The molecule has 0 radical (unpaired) electrons. The summed E-state index contributed by atoms with van der Waals surface area (Å²) in [6, 6.07) is 0. The van der Waals surface area contributed by atoms with Gasteiger partial charge in [0.15, 0.2) is 0 Å². The fraction of sp³-hybridized carbons (Fsp3) is 1.00. The maximum absolute atomic E-state index is 6.58. The molecule has 0 amide bonds. The summed E-state index contributed by atoms with van der Waals surface area (Å²) in [5.74, 6) is 3.79. The lowest BCUT2D eigenvalue weighted by Gasteiger charge is -2.54. The van der Waals surface area contributed by atoms with E-state index in [1.165, 1.54) is 89.9 Å². The first-order valence-electron chi connectivity index (χ1n) is 11.4. The van der Waals surface area contributed by atoms with Gasteiger partial charge in [0.05, 0.1) is 0 Å². The summed E-state index contributed by atoms with van der Waals surface area (Å²) in [6.07, 6.45) is 20.3. The summed E-state index contributed by atoms with van der Waals surface area (Å²) in [6.45, 7) is 0. The third-order valence-electron chi connectivity index (χ3n) is 8.82. The second kappa shape index (κ2) is 8.02. The number of hydrogen-bond acceptors (Lipinski definition) is 2. The maximum atomic E-state index is 6.58. The van der Waals surface area contributed by atoms with Crippen LogP contribution in [-0.2, 0) is 8.85 Å². The van der Waals surface area contributed by atoms with Crippen molar-refractivity contribution in [3.63, 3.8) is 0 Å². The summed E-state index contributed by atoms with van der Waals surface area (Å²) < 4.78 is 13.2. The Hall–Kier alpha value is 0.137. The predicted octanol–water partition coefficient (Wildman–Crippen LogP) is 6.44. The van der Waals surface area contributed by atoms with Crippen molar-refractivity contribution in [1.29, 1.82) is 0 Å². The van der Waals surface area contributed by atoms with Crippen molar-refractivity contribution in [3.8, 4) is 0 Å². The topological polar surface area (TPSA) is 18.5 Å². The van der Waals surface area contributed by atoms with Crippen molar-refractivity contribution in [3.05, 3.63) is 0 Å². The Morgan fingerprint density at radius 1 is 0.520 bits per heavy atom. The van der Waals surface area contributed by atoms with E-state index in [2.05, 4.69) is 0 Å². The third-order valence-corrected chi connectivity index (χ3v) is 13.6. The van der Waals surface area contributed by atoms with Crippen molar-refractivity contribution in [2.45, 2.75) is 101 Å². The molecular weight excluding hydrogens is 324 g/mol. The van der Waals surface area contributed by atoms with Gasteiger partial charge >= 0.3 is 8.56 Å². The van der Waals surface area contributed by atoms with Crippen LogP contribution in [0.15, 0.2) is 0 Å². The summed E-state index contributed by atoms with van der Waals surface area (Å²) in [7, 11) is 1.89. The van der Waals surface area contributed by atoms with Gasteiger partial charge in [-0.05, 0) is 36.5 Å². The summed E-state index contributed by atoms with van der Waals surface area (Å²) in [5, 5.41) is 0. The van der Waals surface area contributed by atoms with Crippen LogP contribution >= 0.6 is 0 Å². The second-order valence-corrected chi connectivity index (χ2v) is 13.4. The Morgan fingerprint density at radius 3 is 1.36 bits per heavy atom. The Morgan fingerprint density at radius 2 is 0.920 bits per heavy atom. The standard InChI is InChI=1S/C22H40O2Si/c1-23-25(24-2,21-15-7-11-17-9-3-5-13-19(17)21)22-16-8-12-18-10-4-6-14-20(18)22/h17-22H,3-16H2,1-2H3. The molecule has 0 N–H and O–H groups in total. The zero-order chi connectivity index (χ0) is 17.3. The first-order valence-corrected chi connectivity index (χ1v) is 13.4. The molecule has 4 aliphatic rings. The molecule has 6 unspecified atom stereocenters. The molecule has 0 aromatic carbocycles. The minimum Gasteiger partial charge on any atom is -0.397 e. The van der Waals surface area contributed by atoms with Crippen molar-refractivity contribution >= 4 is 8.56 Å². The molecule has 4 fully saturated rings. The zero-order valence-electron chi connectivity index (χ0n) is 16.7. The fourth-order valence-electron chi connectivity index (χ4n) is 7.84. The Balaban J connectivity index is 1.63. The smallest absolute Gasteiger partial charge is 0.344 e. The van der Waals surface area contributed by atoms with E-state index in [4.69, 9.17) is 8.85 Å². The Kier molecular flexibility index (Phi) is 5.93. The minimum absolute atomic E-state index is 0.771. The lowest BCUT2D eigenvalue weighted by atomic mass is 9.70. The molecule has 4 rings (SSSR count). The Labute approximate surface area is 156 Å². The van der Waals surface area contributed by atoms with Crippen LogP contribution in [0.4, 0.5) is 0 Å². The Bertz CT molecular complexity index is 396. The highest BCUT2D eigenvalue weighted by molar-refractivity contribution is 6.70. The second-order valence-electron chi connectivity index (χ2n) is 9.62. The van der Waals surface area contributed by atoms with Crippen LogP contribution in [0.25, 0.3) is 0 Å². The van der Waals surface area contributed by atoms with Gasteiger partial charge in [-0.15, -0.1) is 0 Å². The van der Waals surface area contributed by atoms with Crippen LogP contribution in [0.5, 0.6) is 0 Å². The molecule has 0 aliphatic heterocycles. The first kappa shape index (κ1) is 18.5. The van der Waals surface area contributed by atoms with E-state index in [0.717, 1.165) is 34.8 Å². The van der Waals surface area contributed by atoms with Gasteiger partial charge in [0.1, 0.15) is 0 Å². The SMILES string of the molecule is CO[Si](OC)(C1CCCC2CCCCC21)C1CCCC2CCCCC21. The molecule has 0 aromatic rings. The molecule has 3 heteroatoms.